The fourth-order valence-electron chi connectivity index (χ4n) is 2.11. The van der Waals surface area contributed by atoms with E-state index in [4.69, 9.17) is 0 Å². The molecule has 1 atom stereocenters. The lowest BCUT2D eigenvalue weighted by molar-refractivity contribution is 0.0940. The highest BCUT2D eigenvalue weighted by atomic mass is 79.9. The van der Waals surface area contributed by atoms with Crippen LogP contribution in [-0.4, -0.2) is 25.0 Å². The van der Waals surface area contributed by atoms with E-state index in [1.54, 1.807) is 18.3 Å². The molecule has 0 radical (unpaired) electrons. The molecule has 1 aromatic heterocycles. The zero-order valence-corrected chi connectivity index (χ0v) is 13.9. The van der Waals surface area contributed by atoms with Gasteiger partial charge in [0.2, 0.25) is 0 Å². The average molecular weight is 348 g/mol. The van der Waals surface area contributed by atoms with Crippen LogP contribution in [-0.2, 0) is 0 Å². The van der Waals surface area contributed by atoms with Crippen LogP contribution < -0.4 is 10.2 Å². The lowest BCUT2D eigenvalue weighted by Crippen LogP contribution is -2.29. The first-order valence-corrected chi connectivity index (χ1v) is 7.47. The third kappa shape index (κ3) is 3.61. The standard InChI is InChI=1S/C16H18BrN3O/c1-11(12-7-4-5-9-14(12)17)19-16(21)13-8-6-10-18-15(13)20(2)3/h4-11H,1-3H3,(H,19,21)/t11-/m1/s1. The van der Waals surface area contributed by atoms with E-state index in [1.165, 1.54) is 0 Å². The van der Waals surface area contributed by atoms with Crippen LogP contribution in [0.1, 0.15) is 28.9 Å². The zero-order valence-electron chi connectivity index (χ0n) is 12.3. The van der Waals surface area contributed by atoms with Crippen LogP contribution in [0.4, 0.5) is 5.82 Å². The fourth-order valence-corrected chi connectivity index (χ4v) is 2.74. The predicted octanol–water partition coefficient (Wildman–Crippen LogP) is 3.40. The number of carbonyl (C=O) groups excluding carboxylic acids is 1. The molecule has 1 N–H and O–H groups in total. The van der Waals surface area contributed by atoms with Gasteiger partial charge in [-0.25, -0.2) is 4.98 Å². The van der Waals surface area contributed by atoms with Crippen molar-refractivity contribution in [3.8, 4) is 0 Å². The van der Waals surface area contributed by atoms with Crippen LogP contribution >= 0.6 is 15.9 Å². The van der Waals surface area contributed by atoms with Crippen molar-refractivity contribution < 1.29 is 4.79 Å². The van der Waals surface area contributed by atoms with E-state index in [9.17, 15) is 4.79 Å². The van der Waals surface area contributed by atoms with E-state index in [0.717, 1.165) is 10.0 Å². The second kappa shape index (κ2) is 6.72. The number of carbonyl (C=O) groups is 1. The van der Waals surface area contributed by atoms with Gasteiger partial charge in [0, 0.05) is 24.8 Å². The first kappa shape index (κ1) is 15.5. The Morgan fingerprint density at radius 2 is 1.95 bits per heavy atom. The minimum atomic E-state index is -0.130. The molecule has 0 aliphatic rings. The van der Waals surface area contributed by atoms with Crippen molar-refractivity contribution in [2.75, 3.05) is 19.0 Å². The van der Waals surface area contributed by atoms with Gasteiger partial charge in [0.25, 0.3) is 5.91 Å². The van der Waals surface area contributed by atoms with Crippen molar-refractivity contribution in [2.24, 2.45) is 0 Å². The van der Waals surface area contributed by atoms with Crippen LogP contribution in [0.3, 0.4) is 0 Å². The number of benzene rings is 1. The van der Waals surface area contributed by atoms with Gasteiger partial charge in [-0.05, 0) is 30.7 Å². The first-order chi connectivity index (χ1) is 10.0. The highest BCUT2D eigenvalue weighted by Crippen LogP contribution is 2.23. The summed E-state index contributed by atoms with van der Waals surface area (Å²) in [6.07, 6.45) is 1.68. The second-order valence-corrected chi connectivity index (χ2v) is 5.84. The summed E-state index contributed by atoms with van der Waals surface area (Å²) in [7, 11) is 3.74. The van der Waals surface area contributed by atoms with E-state index in [0.29, 0.717) is 11.4 Å². The SMILES string of the molecule is C[C@@H](NC(=O)c1cccnc1N(C)C)c1ccccc1Br. The number of hydrogen-bond acceptors (Lipinski definition) is 3. The van der Waals surface area contributed by atoms with Gasteiger partial charge in [0.05, 0.1) is 11.6 Å². The summed E-state index contributed by atoms with van der Waals surface area (Å²) < 4.78 is 0.983. The normalized spacial score (nSPS) is 11.8. The second-order valence-electron chi connectivity index (χ2n) is 4.99. The van der Waals surface area contributed by atoms with Gasteiger partial charge in [-0.1, -0.05) is 34.1 Å². The third-order valence-corrected chi connectivity index (χ3v) is 3.90. The molecule has 5 heteroatoms. The summed E-state index contributed by atoms with van der Waals surface area (Å²) in [5.41, 5.74) is 1.61. The minimum Gasteiger partial charge on any atom is -0.362 e. The van der Waals surface area contributed by atoms with Crippen LogP contribution in [0.2, 0.25) is 0 Å². The summed E-state index contributed by atoms with van der Waals surface area (Å²) in [6.45, 7) is 1.96. The number of rotatable bonds is 4. The van der Waals surface area contributed by atoms with E-state index in [-0.39, 0.29) is 11.9 Å². The van der Waals surface area contributed by atoms with Crippen LogP contribution in [0.15, 0.2) is 47.1 Å². The number of pyridine rings is 1. The number of amides is 1. The van der Waals surface area contributed by atoms with Crippen molar-refractivity contribution in [2.45, 2.75) is 13.0 Å². The Bertz CT molecular complexity index is 643. The van der Waals surface area contributed by atoms with Gasteiger partial charge in [-0.2, -0.15) is 0 Å². The van der Waals surface area contributed by atoms with Gasteiger partial charge in [-0.15, -0.1) is 0 Å². The molecule has 0 aliphatic carbocycles. The van der Waals surface area contributed by atoms with Gasteiger partial charge in [0.1, 0.15) is 5.82 Å². The number of halogens is 1. The Morgan fingerprint density at radius 3 is 2.62 bits per heavy atom. The van der Waals surface area contributed by atoms with Crippen molar-refractivity contribution in [3.05, 3.63) is 58.2 Å². The quantitative estimate of drug-likeness (QED) is 0.921. The Morgan fingerprint density at radius 1 is 1.24 bits per heavy atom. The maximum absolute atomic E-state index is 12.5. The highest BCUT2D eigenvalue weighted by molar-refractivity contribution is 9.10. The maximum Gasteiger partial charge on any atom is 0.255 e. The molecule has 1 aromatic carbocycles. The smallest absolute Gasteiger partial charge is 0.255 e. The Kier molecular flexibility index (Phi) is 4.96. The molecule has 21 heavy (non-hydrogen) atoms. The molecular weight excluding hydrogens is 330 g/mol. The van der Waals surface area contributed by atoms with E-state index in [1.807, 2.05) is 50.2 Å². The molecule has 2 rings (SSSR count). The molecule has 0 bridgehead atoms. The predicted molar refractivity (Wildman–Crippen MR) is 88.6 cm³/mol. The van der Waals surface area contributed by atoms with E-state index < -0.39 is 0 Å². The molecule has 0 spiro atoms. The summed E-state index contributed by atoms with van der Waals surface area (Å²) in [5, 5.41) is 3.01. The molecule has 0 saturated carbocycles. The van der Waals surface area contributed by atoms with E-state index in [2.05, 4.69) is 26.2 Å². The zero-order chi connectivity index (χ0) is 15.4. The van der Waals surface area contributed by atoms with Gasteiger partial charge >= 0.3 is 0 Å². The van der Waals surface area contributed by atoms with Crippen molar-refractivity contribution in [1.29, 1.82) is 0 Å². The highest BCUT2D eigenvalue weighted by Gasteiger charge is 2.17. The van der Waals surface area contributed by atoms with E-state index >= 15 is 0 Å². The summed E-state index contributed by atoms with van der Waals surface area (Å²) in [5.74, 6) is 0.532. The van der Waals surface area contributed by atoms with Crippen molar-refractivity contribution >= 4 is 27.7 Å². The molecule has 1 heterocycles. The number of aromatic nitrogens is 1. The van der Waals surface area contributed by atoms with Crippen LogP contribution in [0, 0.1) is 0 Å². The number of nitrogens with one attached hydrogen (secondary N) is 1. The number of hydrogen-bond donors (Lipinski definition) is 1. The summed E-state index contributed by atoms with van der Waals surface area (Å²) in [6, 6.07) is 11.3. The van der Waals surface area contributed by atoms with Gasteiger partial charge in [0.15, 0.2) is 0 Å². The fraction of sp³-hybridized carbons (Fsp3) is 0.250. The molecule has 0 aliphatic heterocycles. The van der Waals surface area contributed by atoms with Crippen molar-refractivity contribution in [1.82, 2.24) is 10.3 Å². The van der Waals surface area contributed by atoms with Crippen molar-refractivity contribution in [3.63, 3.8) is 0 Å². The van der Waals surface area contributed by atoms with Gasteiger partial charge < -0.3 is 10.2 Å². The Hall–Kier alpha value is -1.88. The van der Waals surface area contributed by atoms with Gasteiger partial charge in [-0.3, -0.25) is 4.79 Å². The molecule has 110 valence electrons. The number of anilines is 1. The largest absolute Gasteiger partial charge is 0.362 e. The molecule has 2 aromatic rings. The molecule has 4 nitrogen and oxygen atoms in total. The van der Waals surface area contributed by atoms with Crippen LogP contribution in [0.5, 0.6) is 0 Å². The lowest BCUT2D eigenvalue weighted by atomic mass is 10.1. The molecule has 1 amide bonds. The summed E-state index contributed by atoms with van der Waals surface area (Å²) >= 11 is 3.51. The molecule has 0 saturated heterocycles. The lowest BCUT2D eigenvalue weighted by Gasteiger charge is -2.19. The summed E-state index contributed by atoms with van der Waals surface area (Å²) in [4.78, 5) is 18.6. The minimum absolute atomic E-state index is 0.0942. The third-order valence-electron chi connectivity index (χ3n) is 3.17. The first-order valence-electron chi connectivity index (χ1n) is 6.68. The molecule has 0 fully saturated rings. The Labute approximate surface area is 133 Å². The Balaban J connectivity index is 2.21. The van der Waals surface area contributed by atoms with Crippen LogP contribution in [0.25, 0.3) is 0 Å². The molecule has 0 unspecified atom stereocenters. The monoisotopic (exact) mass is 347 g/mol. The maximum atomic E-state index is 12.5. The molecular formula is C16H18BrN3O. The average Bonchev–Trinajstić information content (AvgIpc) is 2.47. The topological polar surface area (TPSA) is 45.2 Å². The number of nitrogens with zero attached hydrogens (tertiary/aromatic N) is 2.